The number of nitrogens with zero attached hydrogens (tertiary/aromatic N) is 3. The van der Waals surface area contributed by atoms with Gasteiger partial charge in [0.2, 0.25) is 5.78 Å². The Hall–Kier alpha value is -3.27. The van der Waals surface area contributed by atoms with Crippen LogP contribution in [0.3, 0.4) is 0 Å². The predicted octanol–water partition coefficient (Wildman–Crippen LogP) is 4.24. The maximum absolute atomic E-state index is 14.9. The number of alkyl halides is 1. The van der Waals surface area contributed by atoms with Crippen molar-refractivity contribution < 1.29 is 28.9 Å². The minimum atomic E-state index is -3.22. The molecule has 0 saturated carbocycles. The molecule has 5 N–H and O–H groups in total. The number of hydroxylamine groups is 1. The number of rotatable bonds is 8. The highest BCUT2D eigenvalue weighted by Crippen LogP contribution is 2.38. The summed E-state index contributed by atoms with van der Waals surface area (Å²) in [7, 11) is -1.59. The van der Waals surface area contributed by atoms with Gasteiger partial charge >= 0.3 is 0 Å². The highest BCUT2D eigenvalue weighted by molar-refractivity contribution is 7.42. The molecule has 2 heterocycles. The Morgan fingerprint density at radius 1 is 1.17 bits per heavy atom. The van der Waals surface area contributed by atoms with Crippen LogP contribution in [-0.4, -0.2) is 48.5 Å². The average molecular weight is 512 g/mol. The summed E-state index contributed by atoms with van der Waals surface area (Å²) in [5.74, 6) is -3.26. The molecule has 1 atom stereocenters. The van der Waals surface area contributed by atoms with E-state index in [9.17, 15) is 14.4 Å². The van der Waals surface area contributed by atoms with E-state index in [-0.39, 0.29) is 11.4 Å². The molecule has 0 fully saturated rings. The lowest BCUT2D eigenvalue weighted by Crippen LogP contribution is -2.44. The quantitative estimate of drug-likeness (QED) is 0.0896. The standard InChI is InChI=1S/C25H26FN4O5P/c1-14-10-18(35-3)8-6-16(14)5-4-15-11-20-19-9-7-17(23(31)25(2,26)30(32)36(33)34)12-21(19)29-24(27)22(20)28-13-15/h6-13,32-34H,4-5H2,1-3H3,(H2,27,29). The van der Waals surface area contributed by atoms with Crippen molar-refractivity contribution >= 4 is 41.9 Å². The lowest BCUT2D eigenvalue weighted by molar-refractivity contribution is -0.131. The Morgan fingerprint density at radius 3 is 2.58 bits per heavy atom. The molecule has 2 aromatic carbocycles. The van der Waals surface area contributed by atoms with Crippen molar-refractivity contribution in [3.05, 3.63) is 70.9 Å². The molecule has 0 aliphatic carbocycles. The first-order chi connectivity index (χ1) is 17.0. The molecule has 4 aromatic rings. The topological polar surface area (TPSA) is 142 Å². The Labute approximate surface area is 207 Å². The van der Waals surface area contributed by atoms with E-state index < -0.39 is 24.9 Å². The van der Waals surface area contributed by atoms with Gasteiger partial charge in [0.1, 0.15) is 11.3 Å². The number of hydrogen-bond donors (Lipinski definition) is 4. The Morgan fingerprint density at radius 2 is 1.92 bits per heavy atom. The van der Waals surface area contributed by atoms with Gasteiger partial charge in [-0.15, -0.1) is 0 Å². The number of anilines is 1. The van der Waals surface area contributed by atoms with Crippen molar-refractivity contribution in [2.24, 2.45) is 0 Å². The number of ketones is 1. The van der Waals surface area contributed by atoms with Gasteiger partial charge in [-0.05, 0) is 67.6 Å². The zero-order valence-electron chi connectivity index (χ0n) is 19.9. The number of nitrogens with two attached hydrogens (primary N) is 1. The number of benzene rings is 2. The van der Waals surface area contributed by atoms with Gasteiger partial charge in [-0.3, -0.25) is 9.78 Å². The number of pyridine rings is 2. The Kier molecular flexibility index (Phi) is 7.17. The third-order valence-corrected chi connectivity index (χ3v) is 6.88. The molecule has 9 nitrogen and oxygen atoms in total. The summed E-state index contributed by atoms with van der Waals surface area (Å²) in [6, 6.07) is 12.3. The fraction of sp³-hybridized carbons (Fsp3) is 0.240. The van der Waals surface area contributed by atoms with Crippen LogP contribution in [0.2, 0.25) is 0 Å². The fourth-order valence-corrected chi connectivity index (χ4v) is 4.53. The number of fused-ring (bicyclic) bond motifs is 3. The van der Waals surface area contributed by atoms with E-state index in [2.05, 4.69) is 9.97 Å². The van der Waals surface area contributed by atoms with Crippen LogP contribution in [-0.2, 0) is 12.8 Å². The maximum Gasteiger partial charge on any atom is 0.281 e. The van der Waals surface area contributed by atoms with Gasteiger partial charge in [0.25, 0.3) is 14.3 Å². The van der Waals surface area contributed by atoms with Gasteiger partial charge in [-0.1, -0.05) is 23.0 Å². The van der Waals surface area contributed by atoms with Crippen molar-refractivity contribution in [1.29, 1.82) is 0 Å². The molecule has 2 aromatic heterocycles. The fourth-order valence-electron chi connectivity index (χ4n) is 4.11. The molecule has 4 rings (SSSR count). The molecule has 0 radical (unpaired) electrons. The van der Waals surface area contributed by atoms with Crippen LogP contribution in [0.5, 0.6) is 5.75 Å². The first-order valence-corrected chi connectivity index (χ1v) is 12.2. The molecule has 188 valence electrons. The van der Waals surface area contributed by atoms with E-state index in [0.717, 1.165) is 42.0 Å². The molecule has 0 saturated heterocycles. The number of aromatic nitrogens is 2. The van der Waals surface area contributed by atoms with Crippen LogP contribution in [0.25, 0.3) is 21.8 Å². The molecule has 11 heteroatoms. The molecule has 1 unspecified atom stereocenters. The average Bonchev–Trinajstić information content (AvgIpc) is 2.86. The second-order valence-electron chi connectivity index (χ2n) is 8.60. The number of halogens is 1. The van der Waals surface area contributed by atoms with E-state index >= 15 is 0 Å². The van der Waals surface area contributed by atoms with Gasteiger partial charge in [0.05, 0.1) is 12.6 Å². The van der Waals surface area contributed by atoms with Crippen LogP contribution in [0.15, 0.2) is 48.7 Å². The highest BCUT2D eigenvalue weighted by Gasteiger charge is 2.44. The smallest absolute Gasteiger partial charge is 0.281 e. The highest BCUT2D eigenvalue weighted by atomic mass is 31.2. The number of nitrogen functional groups attached to an aromatic ring is 1. The van der Waals surface area contributed by atoms with Gasteiger partial charge in [-0.2, -0.15) is 0 Å². The van der Waals surface area contributed by atoms with Crippen molar-refractivity contribution in [2.45, 2.75) is 32.5 Å². The van der Waals surface area contributed by atoms with E-state index in [0.29, 0.717) is 16.4 Å². The summed E-state index contributed by atoms with van der Waals surface area (Å²) < 4.78 is 20.1. The summed E-state index contributed by atoms with van der Waals surface area (Å²) in [6.07, 6.45) is 3.29. The van der Waals surface area contributed by atoms with Gasteiger partial charge in [0, 0.05) is 22.5 Å². The van der Waals surface area contributed by atoms with E-state index in [1.807, 2.05) is 31.2 Å². The van der Waals surface area contributed by atoms with Crippen molar-refractivity contribution in [1.82, 2.24) is 14.8 Å². The van der Waals surface area contributed by atoms with Crippen LogP contribution in [0, 0.1) is 6.92 Å². The van der Waals surface area contributed by atoms with Crippen molar-refractivity contribution in [3.63, 3.8) is 0 Å². The van der Waals surface area contributed by atoms with Gasteiger partial charge in [0.15, 0.2) is 5.82 Å². The first kappa shape index (κ1) is 25.8. The maximum atomic E-state index is 14.9. The van der Waals surface area contributed by atoms with Crippen LogP contribution >= 0.6 is 8.53 Å². The summed E-state index contributed by atoms with van der Waals surface area (Å²) in [5, 5.41) is 11.0. The molecule has 0 aliphatic rings. The third kappa shape index (κ3) is 4.86. The van der Waals surface area contributed by atoms with Crippen LogP contribution in [0.1, 0.15) is 34.0 Å². The number of carbonyl (C=O) groups is 1. The lowest BCUT2D eigenvalue weighted by atomic mass is 9.98. The summed E-state index contributed by atoms with van der Waals surface area (Å²) in [5.41, 5.74) is 10.2. The second-order valence-corrected chi connectivity index (χ2v) is 9.52. The van der Waals surface area contributed by atoms with E-state index in [1.54, 1.807) is 19.4 Å². The lowest BCUT2D eigenvalue weighted by Gasteiger charge is -2.27. The van der Waals surface area contributed by atoms with E-state index in [1.165, 1.54) is 17.7 Å². The number of methoxy groups -OCH3 is 1. The molecular weight excluding hydrogens is 486 g/mol. The van der Waals surface area contributed by atoms with E-state index in [4.69, 9.17) is 20.3 Å². The predicted molar refractivity (Wildman–Crippen MR) is 135 cm³/mol. The largest absolute Gasteiger partial charge is 0.497 e. The van der Waals surface area contributed by atoms with Crippen LogP contribution < -0.4 is 10.5 Å². The molecule has 0 spiro atoms. The SMILES string of the molecule is COc1ccc(CCc2cnc3c(N)nc4cc(C(=O)C(C)(F)N(O)P(O)O)ccc4c3c2)c(C)c1. The normalized spacial score (nSPS) is 13.5. The van der Waals surface area contributed by atoms with Crippen molar-refractivity contribution in [2.75, 3.05) is 12.8 Å². The zero-order valence-corrected chi connectivity index (χ0v) is 20.8. The number of carbonyl (C=O) groups excluding carboxylic acids is 1. The minimum Gasteiger partial charge on any atom is -0.497 e. The molecule has 0 aliphatic heterocycles. The second kappa shape index (κ2) is 10.0. The summed E-state index contributed by atoms with van der Waals surface area (Å²) in [6.45, 7) is 2.78. The van der Waals surface area contributed by atoms with Crippen molar-refractivity contribution in [3.8, 4) is 5.75 Å². The number of hydrogen-bond acceptors (Lipinski definition) is 9. The first-order valence-electron chi connectivity index (χ1n) is 11.0. The molecule has 0 bridgehead atoms. The van der Waals surface area contributed by atoms with Gasteiger partial charge in [-0.25, -0.2) is 9.37 Å². The Bertz CT molecular complexity index is 1460. The monoisotopic (exact) mass is 512 g/mol. The Balaban J connectivity index is 1.68. The van der Waals surface area contributed by atoms with Crippen LogP contribution in [0.4, 0.5) is 10.2 Å². The molecular formula is C25H26FN4O5P. The summed E-state index contributed by atoms with van der Waals surface area (Å²) >= 11 is 0. The molecule has 36 heavy (non-hydrogen) atoms. The third-order valence-electron chi connectivity index (χ3n) is 6.17. The van der Waals surface area contributed by atoms with Gasteiger partial charge < -0.3 is 25.5 Å². The molecule has 0 amide bonds. The number of Topliss-reactive ketones (excluding diaryl/α,β-unsaturated/α-hetero) is 1. The number of ether oxygens (including phenoxy) is 1. The number of aryl methyl sites for hydroxylation is 3. The zero-order chi connectivity index (χ0) is 26.2. The minimum absolute atomic E-state index is 0.117. The summed E-state index contributed by atoms with van der Waals surface area (Å²) in [4.78, 5) is 39.3.